The molecule has 2 aromatic rings. The predicted molar refractivity (Wildman–Crippen MR) is 77.4 cm³/mol. The maximum absolute atomic E-state index is 12.2. The number of para-hydroxylation sites is 1. The second-order valence-electron chi connectivity index (χ2n) is 5.02. The highest BCUT2D eigenvalue weighted by Crippen LogP contribution is 2.26. The van der Waals surface area contributed by atoms with E-state index in [1.807, 2.05) is 54.6 Å². The first-order chi connectivity index (χ1) is 9.83. The number of hydrogen-bond acceptors (Lipinski definition) is 2. The molecule has 20 heavy (non-hydrogen) atoms. The molecule has 102 valence electrons. The van der Waals surface area contributed by atoms with Crippen molar-refractivity contribution in [3.05, 3.63) is 65.7 Å². The zero-order chi connectivity index (χ0) is 13.8. The first kappa shape index (κ1) is 12.7. The molecule has 0 aliphatic carbocycles. The van der Waals surface area contributed by atoms with Gasteiger partial charge in [-0.2, -0.15) is 0 Å². The lowest BCUT2D eigenvalue weighted by molar-refractivity contribution is -0.126. The fraction of sp³-hybridized carbons (Fsp3) is 0.235. The number of benzene rings is 2. The van der Waals surface area contributed by atoms with Gasteiger partial charge in [-0.05, 0) is 23.6 Å². The van der Waals surface area contributed by atoms with Crippen LogP contribution >= 0.6 is 0 Å². The van der Waals surface area contributed by atoms with Gasteiger partial charge in [0, 0.05) is 6.54 Å². The Morgan fingerprint density at radius 1 is 1.10 bits per heavy atom. The Hall–Kier alpha value is -2.29. The van der Waals surface area contributed by atoms with Gasteiger partial charge in [-0.25, -0.2) is 0 Å². The Labute approximate surface area is 118 Å². The zero-order valence-corrected chi connectivity index (χ0v) is 11.2. The molecule has 1 unspecified atom stereocenters. The molecule has 0 aromatic heterocycles. The van der Waals surface area contributed by atoms with Gasteiger partial charge in [-0.1, -0.05) is 48.5 Å². The van der Waals surface area contributed by atoms with Gasteiger partial charge in [-0.15, -0.1) is 0 Å². The number of nitrogens with one attached hydrogen (secondary N) is 1. The van der Waals surface area contributed by atoms with Crippen LogP contribution in [0.25, 0.3) is 0 Å². The van der Waals surface area contributed by atoms with Crippen LogP contribution in [0.4, 0.5) is 0 Å². The van der Waals surface area contributed by atoms with Crippen LogP contribution in [-0.4, -0.2) is 12.5 Å². The Bertz CT molecular complexity index is 595. The molecule has 1 heterocycles. The molecule has 1 aliphatic rings. The van der Waals surface area contributed by atoms with Crippen molar-refractivity contribution in [2.75, 3.05) is 6.61 Å². The van der Waals surface area contributed by atoms with Crippen LogP contribution < -0.4 is 10.1 Å². The van der Waals surface area contributed by atoms with Gasteiger partial charge >= 0.3 is 0 Å². The molecule has 1 N–H and O–H groups in total. The molecule has 0 saturated carbocycles. The van der Waals surface area contributed by atoms with E-state index in [0.29, 0.717) is 13.2 Å². The average Bonchev–Trinajstić information content (AvgIpc) is 2.53. The van der Waals surface area contributed by atoms with Crippen LogP contribution in [0.3, 0.4) is 0 Å². The van der Waals surface area contributed by atoms with Crippen molar-refractivity contribution in [2.24, 2.45) is 5.92 Å². The number of carbonyl (C=O) groups is 1. The fourth-order valence-electron chi connectivity index (χ4n) is 2.43. The van der Waals surface area contributed by atoms with E-state index in [4.69, 9.17) is 4.74 Å². The van der Waals surface area contributed by atoms with E-state index in [1.165, 1.54) is 0 Å². The van der Waals surface area contributed by atoms with Crippen molar-refractivity contribution in [2.45, 2.75) is 13.0 Å². The van der Waals surface area contributed by atoms with Crippen LogP contribution in [-0.2, 0) is 17.8 Å². The third-order valence-corrected chi connectivity index (χ3v) is 3.56. The number of rotatable bonds is 3. The second kappa shape index (κ2) is 5.78. The van der Waals surface area contributed by atoms with Crippen molar-refractivity contribution in [1.29, 1.82) is 0 Å². The Kier molecular flexibility index (Phi) is 3.68. The van der Waals surface area contributed by atoms with E-state index in [0.717, 1.165) is 23.3 Å². The highest BCUT2D eigenvalue weighted by molar-refractivity contribution is 5.79. The number of hydrogen-bond donors (Lipinski definition) is 1. The SMILES string of the molecule is O=C(NCc1ccccc1)C1COc2ccccc2C1. The number of amides is 1. The molecule has 3 rings (SSSR count). The summed E-state index contributed by atoms with van der Waals surface area (Å²) in [6.07, 6.45) is 0.747. The van der Waals surface area contributed by atoms with Crippen molar-refractivity contribution in [3.63, 3.8) is 0 Å². The third-order valence-electron chi connectivity index (χ3n) is 3.56. The summed E-state index contributed by atoms with van der Waals surface area (Å²) in [5.41, 5.74) is 2.22. The molecular formula is C17H17NO2. The van der Waals surface area contributed by atoms with E-state index in [1.54, 1.807) is 0 Å². The summed E-state index contributed by atoms with van der Waals surface area (Å²) in [4.78, 5) is 12.2. The first-order valence-electron chi connectivity index (χ1n) is 6.85. The lowest BCUT2D eigenvalue weighted by atomic mass is 9.96. The van der Waals surface area contributed by atoms with Gasteiger partial charge in [0.2, 0.25) is 5.91 Å². The maximum atomic E-state index is 12.2. The Morgan fingerprint density at radius 3 is 2.70 bits per heavy atom. The van der Waals surface area contributed by atoms with Crippen LogP contribution in [0.2, 0.25) is 0 Å². The molecule has 3 heteroatoms. The van der Waals surface area contributed by atoms with Crippen molar-refractivity contribution in [3.8, 4) is 5.75 Å². The molecule has 0 radical (unpaired) electrons. The molecule has 1 atom stereocenters. The van der Waals surface area contributed by atoms with Crippen LogP contribution in [0, 0.1) is 5.92 Å². The van der Waals surface area contributed by atoms with Crippen LogP contribution in [0.1, 0.15) is 11.1 Å². The van der Waals surface area contributed by atoms with E-state index in [2.05, 4.69) is 5.32 Å². The molecular weight excluding hydrogens is 250 g/mol. The summed E-state index contributed by atoms with van der Waals surface area (Å²) in [5.74, 6) is 0.858. The largest absolute Gasteiger partial charge is 0.492 e. The monoisotopic (exact) mass is 267 g/mol. The lowest BCUT2D eigenvalue weighted by Gasteiger charge is -2.24. The molecule has 0 bridgehead atoms. The molecule has 1 amide bonds. The minimum Gasteiger partial charge on any atom is -0.492 e. The zero-order valence-electron chi connectivity index (χ0n) is 11.2. The van der Waals surface area contributed by atoms with Gasteiger partial charge in [0.25, 0.3) is 0 Å². The standard InChI is InChI=1S/C17H17NO2/c19-17(18-11-13-6-2-1-3-7-13)15-10-14-8-4-5-9-16(14)20-12-15/h1-9,15H,10-12H2,(H,18,19). The quantitative estimate of drug-likeness (QED) is 0.928. The average molecular weight is 267 g/mol. The van der Waals surface area contributed by atoms with Gasteiger partial charge in [0.05, 0.1) is 5.92 Å². The Morgan fingerprint density at radius 2 is 1.85 bits per heavy atom. The van der Waals surface area contributed by atoms with Crippen LogP contribution in [0.5, 0.6) is 5.75 Å². The Balaban J connectivity index is 1.59. The molecule has 3 nitrogen and oxygen atoms in total. The summed E-state index contributed by atoms with van der Waals surface area (Å²) in [7, 11) is 0. The smallest absolute Gasteiger partial charge is 0.227 e. The first-order valence-corrected chi connectivity index (χ1v) is 6.85. The molecule has 1 aliphatic heterocycles. The van der Waals surface area contributed by atoms with E-state index in [-0.39, 0.29) is 11.8 Å². The summed E-state index contributed by atoms with van der Waals surface area (Å²) in [5, 5.41) is 2.98. The number of carbonyl (C=O) groups excluding carboxylic acids is 1. The minimum atomic E-state index is -0.103. The van der Waals surface area contributed by atoms with Crippen LogP contribution in [0.15, 0.2) is 54.6 Å². The predicted octanol–water partition coefficient (Wildman–Crippen LogP) is 2.55. The number of ether oxygens (including phenoxy) is 1. The summed E-state index contributed by atoms with van der Waals surface area (Å²) >= 11 is 0. The minimum absolute atomic E-state index is 0.0587. The van der Waals surface area contributed by atoms with Crippen molar-refractivity contribution >= 4 is 5.91 Å². The fourth-order valence-corrected chi connectivity index (χ4v) is 2.43. The highest BCUT2D eigenvalue weighted by atomic mass is 16.5. The third kappa shape index (κ3) is 2.82. The normalized spacial score (nSPS) is 16.9. The topological polar surface area (TPSA) is 38.3 Å². The van der Waals surface area contributed by atoms with Gasteiger partial charge in [-0.3, -0.25) is 4.79 Å². The van der Waals surface area contributed by atoms with E-state index >= 15 is 0 Å². The molecule has 2 aromatic carbocycles. The van der Waals surface area contributed by atoms with Gasteiger partial charge in [0.1, 0.15) is 12.4 Å². The number of fused-ring (bicyclic) bond motifs is 1. The van der Waals surface area contributed by atoms with Gasteiger partial charge in [0.15, 0.2) is 0 Å². The van der Waals surface area contributed by atoms with E-state index < -0.39 is 0 Å². The highest BCUT2D eigenvalue weighted by Gasteiger charge is 2.25. The van der Waals surface area contributed by atoms with Gasteiger partial charge < -0.3 is 10.1 Å². The summed E-state index contributed by atoms with van der Waals surface area (Å²) < 4.78 is 5.65. The summed E-state index contributed by atoms with van der Waals surface area (Å²) in [6.45, 7) is 1.02. The maximum Gasteiger partial charge on any atom is 0.227 e. The van der Waals surface area contributed by atoms with E-state index in [9.17, 15) is 4.79 Å². The summed E-state index contributed by atoms with van der Waals surface area (Å²) in [6, 6.07) is 17.8. The lowest BCUT2D eigenvalue weighted by Crippen LogP contribution is -2.37. The van der Waals surface area contributed by atoms with Crippen molar-refractivity contribution < 1.29 is 9.53 Å². The molecule has 0 fully saturated rings. The molecule has 0 spiro atoms. The molecule has 0 saturated heterocycles. The second-order valence-corrected chi connectivity index (χ2v) is 5.02. The van der Waals surface area contributed by atoms with Crippen molar-refractivity contribution in [1.82, 2.24) is 5.32 Å².